The number of benzene rings is 6. The third-order valence-corrected chi connectivity index (χ3v) is 8.00. The van der Waals surface area contributed by atoms with E-state index >= 15 is 0 Å². The van der Waals surface area contributed by atoms with Gasteiger partial charge in [0.25, 0.3) is 0 Å². The van der Waals surface area contributed by atoms with Gasteiger partial charge in [0.05, 0.1) is 11.0 Å². The summed E-state index contributed by atoms with van der Waals surface area (Å²) in [5.74, 6) is 6.70. The lowest BCUT2D eigenvalue weighted by Gasteiger charge is -2.07. The van der Waals surface area contributed by atoms with E-state index in [0.29, 0.717) is 0 Å². The van der Waals surface area contributed by atoms with Gasteiger partial charge < -0.3 is 4.57 Å². The SMILES string of the molecule is C(#Cc1ccc(-n2c3ccccc3c3ccccc32)cc1)c1ccc(C=C2c3ccccc3-c3ccccc32)cc1. The van der Waals surface area contributed by atoms with Gasteiger partial charge >= 0.3 is 0 Å². The molecule has 0 spiro atoms. The van der Waals surface area contributed by atoms with Crippen LogP contribution in [0.2, 0.25) is 0 Å². The Morgan fingerprint density at radius 2 is 0.854 bits per heavy atom. The summed E-state index contributed by atoms with van der Waals surface area (Å²) in [4.78, 5) is 0. The fraction of sp³-hybridized carbons (Fsp3) is 0. The number of para-hydroxylation sites is 2. The Hall–Kier alpha value is -5.58. The molecule has 7 aromatic rings. The first kappa shape index (κ1) is 23.3. The molecule has 1 heterocycles. The summed E-state index contributed by atoms with van der Waals surface area (Å²) in [6.45, 7) is 0. The highest BCUT2D eigenvalue weighted by Crippen LogP contribution is 2.44. The second-order valence-corrected chi connectivity index (χ2v) is 10.4. The number of fused-ring (bicyclic) bond motifs is 6. The third kappa shape index (κ3) is 3.97. The lowest BCUT2D eigenvalue weighted by molar-refractivity contribution is 1.18. The average molecular weight is 520 g/mol. The molecule has 1 aliphatic rings. The van der Waals surface area contributed by atoms with Crippen molar-refractivity contribution in [3.63, 3.8) is 0 Å². The van der Waals surface area contributed by atoms with Gasteiger partial charge in [-0.1, -0.05) is 109 Å². The normalized spacial score (nSPS) is 11.7. The van der Waals surface area contributed by atoms with E-state index in [4.69, 9.17) is 0 Å². The lowest BCUT2D eigenvalue weighted by Crippen LogP contribution is -1.93. The summed E-state index contributed by atoms with van der Waals surface area (Å²) in [7, 11) is 0. The van der Waals surface area contributed by atoms with Crippen LogP contribution < -0.4 is 0 Å². The molecular weight excluding hydrogens is 494 g/mol. The molecule has 0 radical (unpaired) electrons. The maximum atomic E-state index is 3.35. The van der Waals surface area contributed by atoms with Gasteiger partial charge in [0, 0.05) is 27.6 Å². The maximum Gasteiger partial charge on any atom is 0.0541 e. The summed E-state index contributed by atoms with van der Waals surface area (Å²) in [5.41, 5.74) is 13.2. The standard InChI is InChI=1S/C40H25N/c1-3-11-34-32(9-1)33-10-2-4-12-35(33)38(34)27-30-21-19-28(20-22-30)17-18-29-23-25-31(26-24-29)41-39-15-7-5-13-36(39)37-14-6-8-16-40(37)41/h1-16,19-27H. The fourth-order valence-corrected chi connectivity index (χ4v) is 6.07. The highest BCUT2D eigenvalue weighted by molar-refractivity contribution is 6.09. The first-order valence-corrected chi connectivity index (χ1v) is 14.0. The molecule has 0 N–H and O–H groups in total. The lowest BCUT2D eigenvalue weighted by atomic mass is 10.0. The van der Waals surface area contributed by atoms with Crippen molar-refractivity contribution in [2.45, 2.75) is 0 Å². The molecule has 41 heavy (non-hydrogen) atoms. The van der Waals surface area contributed by atoms with Crippen molar-refractivity contribution in [1.29, 1.82) is 0 Å². The first-order valence-electron chi connectivity index (χ1n) is 14.0. The predicted molar refractivity (Wildman–Crippen MR) is 172 cm³/mol. The van der Waals surface area contributed by atoms with Crippen LogP contribution in [0.3, 0.4) is 0 Å². The van der Waals surface area contributed by atoms with Crippen LogP contribution in [0, 0.1) is 11.8 Å². The zero-order valence-electron chi connectivity index (χ0n) is 22.4. The second-order valence-electron chi connectivity index (χ2n) is 10.4. The van der Waals surface area contributed by atoms with E-state index in [9.17, 15) is 0 Å². The molecule has 6 aromatic carbocycles. The molecule has 190 valence electrons. The molecule has 0 aliphatic heterocycles. The molecule has 0 unspecified atom stereocenters. The number of rotatable bonds is 2. The molecule has 0 fully saturated rings. The minimum atomic E-state index is 1.000. The molecule has 1 aromatic heterocycles. The van der Waals surface area contributed by atoms with E-state index in [1.807, 2.05) is 0 Å². The highest BCUT2D eigenvalue weighted by Gasteiger charge is 2.22. The minimum Gasteiger partial charge on any atom is -0.309 e. The third-order valence-electron chi connectivity index (χ3n) is 8.00. The van der Waals surface area contributed by atoms with E-state index in [2.05, 4.69) is 168 Å². The van der Waals surface area contributed by atoms with Crippen LogP contribution in [0.1, 0.15) is 27.8 Å². The average Bonchev–Trinajstić information content (AvgIpc) is 3.54. The van der Waals surface area contributed by atoms with E-state index in [1.54, 1.807) is 0 Å². The van der Waals surface area contributed by atoms with Gasteiger partial charge in [0.1, 0.15) is 0 Å². The van der Waals surface area contributed by atoms with Crippen LogP contribution in [0.4, 0.5) is 0 Å². The van der Waals surface area contributed by atoms with Crippen molar-refractivity contribution in [2.24, 2.45) is 0 Å². The molecule has 0 bridgehead atoms. The largest absolute Gasteiger partial charge is 0.309 e. The van der Waals surface area contributed by atoms with Crippen LogP contribution in [0.25, 0.3) is 50.3 Å². The van der Waals surface area contributed by atoms with Crippen LogP contribution in [0.15, 0.2) is 146 Å². The number of hydrogen-bond donors (Lipinski definition) is 0. The highest BCUT2D eigenvalue weighted by atomic mass is 15.0. The van der Waals surface area contributed by atoms with Crippen molar-refractivity contribution in [1.82, 2.24) is 4.57 Å². The van der Waals surface area contributed by atoms with Crippen LogP contribution >= 0.6 is 0 Å². The smallest absolute Gasteiger partial charge is 0.0541 e. The Bertz CT molecular complexity index is 2080. The van der Waals surface area contributed by atoms with Gasteiger partial charge in [-0.15, -0.1) is 0 Å². The topological polar surface area (TPSA) is 4.93 Å². The maximum absolute atomic E-state index is 3.35. The van der Waals surface area contributed by atoms with Crippen molar-refractivity contribution < 1.29 is 0 Å². The van der Waals surface area contributed by atoms with E-state index in [0.717, 1.165) is 16.8 Å². The Kier molecular flexibility index (Phi) is 5.44. The number of nitrogens with zero attached hydrogens (tertiary/aromatic N) is 1. The molecule has 0 saturated carbocycles. The fourth-order valence-electron chi connectivity index (χ4n) is 6.07. The van der Waals surface area contributed by atoms with Crippen LogP contribution in [0.5, 0.6) is 0 Å². The van der Waals surface area contributed by atoms with E-state index < -0.39 is 0 Å². The van der Waals surface area contributed by atoms with Crippen molar-refractivity contribution in [3.05, 3.63) is 173 Å². The molecular formula is C40H25N. The summed E-state index contributed by atoms with van der Waals surface area (Å²) in [6.07, 6.45) is 2.29. The summed E-state index contributed by atoms with van der Waals surface area (Å²) in [5, 5.41) is 2.54. The number of hydrogen-bond acceptors (Lipinski definition) is 0. The Morgan fingerprint density at radius 3 is 1.39 bits per heavy atom. The Labute approximate surface area is 239 Å². The molecule has 1 heteroatoms. The second kappa shape index (κ2) is 9.56. The van der Waals surface area contributed by atoms with Gasteiger partial charge in [0.2, 0.25) is 0 Å². The first-order chi connectivity index (χ1) is 20.3. The van der Waals surface area contributed by atoms with Crippen LogP contribution in [-0.2, 0) is 0 Å². The zero-order chi connectivity index (χ0) is 27.2. The van der Waals surface area contributed by atoms with Crippen molar-refractivity contribution in [3.8, 4) is 28.7 Å². The van der Waals surface area contributed by atoms with E-state index in [1.165, 1.54) is 55.2 Å². The Morgan fingerprint density at radius 1 is 0.415 bits per heavy atom. The van der Waals surface area contributed by atoms with Gasteiger partial charge in [-0.3, -0.25) is 0 Å². The molecule has 0 atom stereocenters. The monoisotopic (exact) mass is 519 g/mol. The number of aromatic nitrogens is 1. The van der Waals surface area contributed by atoms with Gasteiger partial charge in [0.15, 0.2) is 0 Å². The summed E-state index contributed by atoms with van der Waals surface area (Å²) in [6, 6.07) is 51.6. The predicted octanol–water partition coefficient (Wildman–Crippen LogP) is 9.75. The molecule has 1 aliphatic carbocycles. The summed E-state index contributed by atoms with van der Waals surface area (Å²) >= 11 is 0. The molecule has 0 saturated heterocycles. The van der Waals surface area contributed by atoms with Gasteiger partial charge in [-0.25, -0.2) is 0 Å². The van der Waals surface area contributed by atoms with Gasteiger partial charge in [-0.2, -0.15) is 0 Å². The minimum absolute atomic E-state index is 1.000. The summed E-state index contributed by atoms with van der Waals surface area (Å²) < 4.78 is 2.33. The van der Waals surface area contributed by atoms with Crippen molar-refractivity contribution in [2.75, 3.05) is 0 Å². The van der Waals surface area contributed by atoms with Crippen molar-refractivity contribution >= 4 is 33.5 Å². The quantitative estimate of drug-likeness (QED) is 0.200. The molecule has 8 rings (SSSR count). The molecule has 0 amide bonds. The zero-order valence-corrected chi connectivity index (χ0v) is 22.4. The van der Waals surface area contributed by atoms with Gasteiger partial charge in [-0.05, 0) is 88.0 Å². The van der Waals surface area contributed by atoms with Crippen LogP contribution in [-0.4, -0.2) is 4.57 Å². The molecule has 1 nitrogen and oxygen atoms in total. The van der Waals surface area contributed by atoms with E-state index in [-0.39, 0.29) is 0 Å². The Balaban J connectivity index is 1.07.